The van der Waals surface area contributed by atoms with Crippen molar-refractivity contribution >= 4 is 15.7 Å². The molecule has 112 valence electrons. The summed E-state index contributed by atoms with van der Waals surface area (Å²) < 4.78 is 27.5. The number of H-pyrrole nitrogens is 1. The molecule has 2 heterocycles. The van der Waals surface area contributed by atoms with Crippen molar-refractivity contribution in [3.8, 4) is 0 Å². The summed E-state index contributed by atoms with van der Waals surface area (Å²) in [6, 6.07) is 7.51. The summed E-state index contributed by atoms with van der Waals surface area (Å²) in [6.45, 7) is 2.06. The summed E-state index contributed by atoms with van der Waals surface area (Å²) in [5, 5.41) is 6.50. The van der Waals surface area contributed by atoms with Gasteiger partial charge in [0.05, 0.1) is 11.9 Å². The van der Waals surface area contributed by atoms with Gasteiger partial charge in [0.25, 0.3) is 10.0 Å². The number of nitrogens with one attached hydrogen (secondary N) is 1. The Labute approximate surface area is 124 Å². The number of hydrogen-bond donors (Lipinski definition) is 2. The molecule has 2 aromatic rings. The van der Waals surface area contributed by atoms with E-state index in [0.29, 0.717) is 5.56 Å². The fourth-order valence-corrected chi connectivity index (χ4v) is 4.64. The summed E-state index contributed by atoms with van der Waals surface area (Å²) in [7, 11) is -3.69. The molecule has 0 amide bonds. The Hall–Kier alpha value is -1.86. The van der Waals surface area contributed by atoms with Gasteiger partial charge >= 0.3 is 0 Å². The predicted molar refractivity (Wildman–Crippen MR) is 80.4 cm³/mol. The monoisotopic (exact) mass is 306 g/mol. The van der Waals surface area contributed by atoms with Gasteiger partial charge in [-0.3, -0.25) is 9.40 Å². The van der Waals surface area contributed by atoms with Gasteiger partial charge in [-0.05, 0) is 31.4 Å². The summed E-state index contributed by atoms with van der Waals surface area (Å²) in [4.78, 5) is 0. The first-order valence-electron chi connectivity index (χ1n) is 6.90. The molecular formula is C14H18N4O2S. The zero-order valence-corrected chi connectivity index (χ0v) is 12.6. The number of aromatic amines is 1. The Bertz CT molecular complexity index is 754. The number of nitrogens with two attached hydrogens (primary N) is 1. The number of fused-ring (bicyclic) bond motifs is 1. The van der Waals surface area contributed by atoms with Crippen LogP contribution < -0.4 is 10.0 Å². The third-order valence-electron chi connectivity index (χ3n) is 3.88. The van der Waals surface area contributed by atoms with Crippen molar-refractivity contribution in [2.24, 2.45) is 5.73 Å². The number of rotatable bonds is 3. The summed E-state index contributed by atoms with van der Waals surface area (Å²) in [5.41, 5.74) is 7.91. The molecule has 1 aliphatic heterocycles. The van der Waals surface area contributed by atoms with Crippen molar-refractivity contribution < 1.29 is 8.42 Å². The van der Waals surface area contributed by atoms with Crippen LogP contribution in [0.25, 0.3) is 0 Å². The fraction of sp³-hybridized carbons (Fsp3) is 0.357. The highest BCUT2D eigenvalue weighted by Gasteiger charge is 2.35. The number of anilines is 1. The summed E-state index contributed by atoms with van der Waals surface area (Å²) in [5.74, 6) is 0. The zero-order chi connectivity index (χ0) is 15.0. The van der Waals surface area contributed by atoms with Crippen molar-refractivity contribution in [1.82, 2.24) is 10.2 Å². The fourth-order valence-electron chi connectivity index (χ4n) is 2.79. The van der Waals surface area contributed by atoms with Crippen LogP contribution in [-0.2, 0) is 23.0 Å². The molecule has 21 heavy (non-hydrogen) atoms. The number of hydrogen-bond acceptors (Lipinski definition) is 4. The first kappa shape index (κ1) is 14.1. The third-order valence-corrected chi connectivity index (χ3v) is 5.82. The van der Waals surface area contributed by atoms with Crippen LogP contribution in [0.15, 0.2) is 35.5 Å². The second-order valence-corrected chi connectivity index (χ2v) is 7.00. The van der Waals surface area contributed by atoms with E-state index in [1.807, 2.05) is 31.2 Å². The van der Waals surface area contributed by atoms with E-state index >= 15 is 0 Å². The molecule has 6 nitrogen and oxygen atoms in total. The van der Waals surface area contributed by atoms with Gasteiger partial charge in [0.2, 0.25) is 0 Å². The molecule has 0 fully saturated rings. The number of para-hydroxylation sites is 1. The standard InChI is InChI=1S/C14H18N4O2S/c1-10-6-7-11-4-2-3-5-13(11)18(10)21(19,20)14-12(8-15)9-16-17-14/h2-5,9-10H,6-8,15H2,1H3,(H,16,17). The molecule has 0 bridgehead atoms. The highest BCUT2D eigenvalue weighted by atomic mass is 32.2. The minimum atomic E-state index is -3.69. The van der Waals surface area contributed by atoms with Crippen LogP contribution in [0.5, 0.6) is 0 Å². The van der Waals surface area contributed by atoms with Crippen LogP contribution in [0.3, 0.4) is 0 Å². The van der Waals surface area contributed by atoms with Gasteiger partial charge in [-0.15, -0.1) is 0 Å². The van der Waals surface area contributed by atoms with Gasteiger partial charge in [0.1, 0.15) is 0 Å². The van der Waals surface area contributed by atoms with E-state index in [-0.39, 0.29) is 17.6 Å². The molecule has 7 heteroatoms. The lowest BCUT2D eigenvalue weighted by atomic mass is 9.99. The van der Waals surface area contributed by atoms with Crippen molar-refractivity contribution in [1.29, 1.82) is 0 Å². The smallest absolute Gasteiger partial charge is 0.281 e. The van der Waals surface area contributed by atoms with Crippen LogP contribution >= 0.6 is 0 Å². The van der Waals surface area contributed by atoms with Gasteiger partial charge < -0.3 is 5.73 Å². The molecule has 1 aromatic carbocycles. The third kappa shape index (κ3) is 2.22. The highest BCUT2D eigenvalue weighted by Crippen LogP contribution is 2.35. The Balaban J connectivity index is 2.15. The lowest BCUT2D eigenvalue weighted by Crippen LogP contribution is -2.42. The van der Waals surface area contributed by atoms with Crippen molar-refractivity contribution in [2.45, 2.75) is 37.4 Å². The lowest BCUT2D eigenvalue weighted by molar-refractivity contribution is 0.558. The molecule has 0 saturated carbocycles. The van der Waals surface area contributed by atoms with Crippen LogP contribution in [-0.4, -0.2) is 24.7 Å². The Kier molecular flexibility index (Phi) is 3.46. The minimum absolute atomic E-state index is 0.0913. The van der Waals surface area contributed by atoms with E-state index in [4.69, 9.17) is 5.73 Å². The van der Waals surface area contributed by atoms with Gasteiger partial charge in [-0.1, -0.05) is 18.2 Å². The average Bonchev–Trinajstić information content (AvgIpc) is 2.96. The second kappa shape index (κ2) is 5.16. The van der Waals surface area contributed by atoms with E-state index in [1.165, 1.54) is 10.5 Å². The Morgan fingerprint density at radius 3 is 2.95 bits per heavy atom. The van der Waals surface area contributed by atoms with E-state index in [0.717, 1.165) is 24.1 Å². The Morgan fingerprint density at radius 1 is 1.43 bits per heavy atom. The maximum absolute atomic E-state index is 13.0. The summed E-state index contributed by atoms with van der Waals surface area (Å²) in [6.07, 6.45) is 3.14. The van der Waals surface area contributed by atoms with E-state index in [2.05, 4.69) is 10.2 Å². The number of benzene rings is 1. The largest absolute Gasteiger partial charge is 0.326 e. The SMILES string of the molecule is CC1CCc2ccccc2N1S(=O)(=O)c1[nH]ncc1CN. The van der Waals surface area contributed by atoms with Crippen molar-refractivity contribution in [3.63, 3.8) is 0 Å². The quantitative estimate of drug-likeness (QED) is 0.896. The van der Waals surface area contributed by atoms with Gasteiger partial charge in [0, 0.05) is 18.2 Å². The predicted octanol–water partition coefficient (Wildman–Crippen LogP) is 1.40. The molecule has 1 aromatic heterocycles. The first-order chi connectivity index (χ1) is 10.1. The number of aryl methyl sites for hydroxylation is 1. The normalized spacial score (nSPS) is 18.6. The van der Waals surface area contributed by atoms with Crippen LogP contribution in [0.1, 0.15) is 24.5 Å². The molecule has 3 N–H and O–H groups in total. The molecular weight excluding hydrogens is 288 g/mol. The van der Waals surface area contributed by atoms with E-state index in [9.17, 15) is 8.42 Å². The second-order valence-electron chi connectivity index (χ2n) is 5.25. The average molecular weight is 306 g/mol. The Morgan fingerprint density at radius 2 is 2.19 bits per heavy atom. The van der Waals surface area contributed by atoms with Crippen LogP contribution in [0.4, 0.5) is 5.69 Å². The van der Waals surface area contributed by atoms with Gasteiger partial charge in [-0.2, -0.15) is 13.5 Å². The molecule has 3 rings (SSSR count). The molecule has 0 saturated heterocycles. The van der Waals surface area contributed by atoms with Crippen LogP contribution in [0, 0.1) is 0 Å². The van der Waals surface area contributed by atoms with Crippen molar-refractivity contribution in [3.05, 3.63) is 41.6 Å². The van der Waals surface area contributed by atoms with E-state index < -0.39 is 10.0 Å². The van der Waals surface area contributed by atoms with E-state index in [1.54, 1.807) is 0 Å². The zero-order valence-electron chi connectivity index (χ0n) is 11.8. The van der Waals surface area contributed by atoms with Crippen LogP contribution in [0.2, 0.25) is 0 Å². The number of nitrogens with zero attached hydrogens (tertiary/aromatic N) is 2. The number of aromatic nitrogens is 2. The topological polar surface area (TPSA) is 92.1 Å². The molecule has 1 atom stereocenters. The minimum Gasteiger partial charge on any atom is -0.326 e. The summed E-state index contributed by atoms with van der Waals surface area (Å²) >= 11 is 0. The molecule has 1 aliphatic rings. The van der Waals surface area contributed by atoms with Gasteiger partial charge in [-0.25, -0.2) is 0 Å². The highest BCUT2D eigenvalue weighted by molar-refractivity contribution is 7.92. The first-order valence-corrected chi connectivity index (χ1v) is 8.34. The number of sulfonamides is 1. The molecule has 0 radical (unpaired) electrons. The lowest BCUT2D eigenvalue weighted by Gasteiger charge is -2.35. The molecule has 1 unspecified atom stereocenters. The maximum atomic E-state index is 13.0. The maximum Gasteiger partial charge on any atom is 0.281 e. The van der Waals surface area contributed by atoms with Crippen molar-refractivity contribution in [2.75, 3.05) is 4.31 Å². The molecule has 0 spiro atoms. The molecule has 0 aliphatic carbocycles. The van der Waals surface area contributed by atoms with Gasteiger partial charge in [0.15, 0.2) is 5.03 Å².